The first-order valence-corrected chi connectivity index (χ1v) is 8.60. The van der Waals surface area contributed by atoms with E-state index in [1.54, 1.807) is 11.9 Å². The molecule has 0 saturated heterocycles. The van der Waals surface area contributed by atoms with Crippen LogP contribution in [-0.4, -0.2) is 17.6 Å². The molecule has 22 heavy (non-hydrogen) atoms. The van der Waals surface area contributed by atoms with Crippen molar-refractivity contribution in [2.45, 2.75) is 37.2 Å². The lowest BCUT2D eigenvalue weighted by Gasteiger charge is -2.15. The van der Waals surface area contributed by atoms with Crippen LogP contribution in [-0.2, 0) is 6.54 Å². The second-order valence-corrected chi connectivity index (χ2v) is 6.40. The first-order valence-electron chi connectivity index (χ1n) is 7.78. The average molecular weight is 314 g/mol. The van der Waals surface area contributed by atoms with Gasteiger partial charge in [0.05, 0.1) is 11.4 Å². The number of anilines is 2. The van der Waals surface area contributed by atoms with Crippen LogP contribution in [0.4, 0.5) is 11.4 Å². The number of nitrogens with zero attached hydrogens (tertiary/aromatic N) is 1. The van der Waals surface area contributed by atoms with Gasteiger partial charge in [-0.2, -0.15) is 0 Å². The Kier molecular flexibility index (Phi) is 5.19. The predicted octanol–water partition coefficient (Wildman–Crippen LogP) is 3.88. The standard InChI is InChI=1S/C17H22N4S/c1-2-20-22-15-5-6-16(21-14-3-4-14)17(11-15)19-12-13-7-9-18-10-8-13/h5-11,14,19-21H,2-4,12H2,1H3. The molecule has 3 N–H and O–H groups in total. The molecule has 0 amide bonds. The van der Waals surface area contributed by atoms with Crippen LogP contribution in [0.15, 0.2) is 47.6 Å². The quantitative estimate of drug-likeness (QED) is 0.646. The SMILES string of the molecule is CCNSc1ccc(NC2CC2)c(NCc2ccncc2)c1. The second-order valence-electron chi connectivity index (χ2n) is 5.43. The Hall–Kier alpha value is -1.72. The molecule has 116 valence electrons. The van der Waals surface area contributed by atoms with Gasteiger partial charge in [0.25, 0.3) is 0 Å². The Balaban J connectivity index is 1.72. The molecule has 0 unspecified atom stereocenters. The predicted molar refractivity (Wildman–Crippen MR) is 94.2 cm³/mol. The fourth-order valence-electron chi connectivity index (χ4n) is 2.16. The number of hydrogen-bond donors (Lipinski definition) is 3. The van der Waals surface area contributed by atoms with E-state index in [1.165, 1.54) is 29.0 Å². The van der Waals surface area contributed by atoms with Crippen LogP contribution in [0.5, 0.6) is 0 Å². The summed E-state index contributed by atoms with van der Waals surface area (Å²) in [7, 11) is 0. The lowest BCUT2D eigenvalue weighted by Crippen LogP contribution is -2.07. The first-order chi connectivity index (χ1) is 10.8. The van der Waals surface area contributed by atoms with Crippen molar-refractivity contribution in [1.29, 1.82) is 0 Å². The highest BCUT2D eigenvalue weighted by molar-refractivity contribution is 7.97. The number of hydrogen-bond acceptors (Lipinski definition) is 5. The second kappa shape index (κ2) is 7.51. The summed E-state index contributed by atoms with van der Waals surface area (Å²) in [4.78, 5) is 5.28. The van der Waals surface area contributed by atoms with Gasteiger partial charge in [-0.15, -0.1) is 0 Å². The molecule has 3 rings (SSSR count). The normalized spacial score (nSPS) is 13.9. The highest BCUT2D eigenvalue weighted by atomic mass is 32.2. The minimum Gasteiger partial charge on any atom is -0.381 e. The van der Waals surface area contributed by atoms with Crippen LogP contribution in [0.3, 0.4) is 0 Å². The average Bonchev–Trinajstić information content (AvgIpc) is 3.37. The van der Waals surface area contributed by atoms with Crippen LogP contribution in [0.25, 0.3) is 0 Å². The fourth-order valence-corrected chi connectivity index (χ4v) is 2.78. The summed E-state index contributed by atoms with van der Waals surface area (Å²) in [5, 5.41) is 7.15. The molecule has 1 heterocycles. The van der Waals surface area contributed by atoms with Gasteiger partial charge in [-0.3, -0.25) is 9.71 Å². The minimum atomic E-state index is 0.647. The van der Waals surface area contributed by atoms with Crippen LogP contribution >= 0.6 is 11.9 Å². The molecule has 1 fully saturated rings. The first kappa shape index (κ1) is 15.2. The molecule has 1 aliphatic rings. The monoisotopic (exact) mass is 314 g/mol. The van der Waals surface area contributed by atoms with Gasteiger partial charge in [0.2, 0.25) is 0 Å². The largest absolute Gasteiger partial charge is 0.381 e. The Morgan fingerprint density at radius 1 is 1.14 bits per heavy atom. The van der Waals surface area contributed by atoms with Crippen LogP contribution in [0.2, 0.25) is 0 Å². The van der Waals surface area contributed by atoms with E-state index < -0.39 is 0 Å². The molecule has 0 radical (unpaired) electrons. The van der Waals surface area contributed by atoms with E-state index in [0.29, 0.717) is 6.04 Å². The number of aromatic nitrogens is 1. The summed E-state index contributed by atoms with van der Waals surface area (Å²) in [6.07, 6.45) is 6.21. The van der Waals surface area contributed by atoms with Gasteiger partial charge in [0, 0.05) is 36.4 Å². The van der Waals surface area contributed by atoms with Gasteiger partial charge in [-0.1, -0.05) is 6.92 Å². The molecule has 1 aromatic carbocycles. The van der Waals surface area contributed by atoms with Gasteiger partial charge < -0.3 is 10.6 Å². The summed E-state index contributed by atoms with van der Waals surface area (Å²) >= 11 is 1.67. The Bertz CT molecular complexity index is 599. The minimum absolute atomic E-state index is 0.647. The maximum Gasteiger partial charge on any atom is 0.0590 e. The third kappa shape index (κ3) is 4.39. The lowest BCUT2D eigenvalue weighted by atomic mass is 10.2. The molecule has 1 aliphatic carbocycles. The van der Waals surface area contributed by atoms with Gasteiger partial charge in [-0.25, -0.2) is 0 Å². The van der Waals surface area contributed by atoms with Crippen molar-refractivity contribution in [3.63, 3.8) is 0 Å². The van der Waals surface area contributed by atoms with E-state index in [2.05, 4.69) is 45.5 Å². The van der Waals surface area contributed by atoms with Crippen molar-refractivity contribution in [2.24, 2.45) is 0 Å². The van der Waals surface area contributed by atoms with Crippen molar-refractivity contribution in [2.75, 3.05) is 17.2 Å². The van der Waals surface area contributed by atoms with Gasteiger partial charge in [0.1, 0.15) is 0 Å². The zero-order chi connectivity index (χ0) is 15.2. The van der Waals surface area contributed by atoms with E-state index in [4.69, 9.17) is 0 Å². The number of rotatable bonds is 8. The molecule has 0 atom stereocenters. The zero-order valence-corrected chi connectivity index (χ0v) is 13.6. The third-order valence-corrected chi connectivity index (χ3v) is 4.42. The summed E-state index contributed by atoms with van der Waals surface area (Å²) < 4.78 is 3.30. The summed E-state index contributed by atoms with van der Waals surface area (Å²) in [6, 6.07) is 11.3. The molecule has 4 nitrogen and oxygen atoms in total. The number of benzene rings is 1. The highest BCUT2D eigenvalue weighted by Crippen LogP contribution is 2.32. The highest BCUT2D eigenvalue weighted by Gasteiger charge is 2.21. The Morgan fingerprint density at radius 3 is 2.68 bits per heavy atom. The van der Waals surface area contributed by atoms with E-state index >= 15 is 0 Å². The molecular formula is C17H22N4S. The fraction of sp³-hybridized carbons (Fsp3) is 0.353. The Labute approximate surface area is 136 Å². The Morgan fingerprint density at radius 2 is 1.95 bits per heavy atom. The van der Waals surface area contributed by atoms with Crippen molar-refractivity contribution >= 4 is 23.3 Å². The van der Waals surface area contributed by atoms with Gasteiger partial charge >= 0.3 is 0 Å². The summed E-state index contributed by atoms with van der Waals surface area (Å²) in [6.45, 7) is 3.86. The van der Waals surface area contributed by atoms with E-state index in [9.17, 15) is 0 Å². The van der Waals surface area contributed by atoms with E-state index in [-0.39, 0.29) is 0 Å². The van der Waals surface area contributed by atoms with Gasteiger partial charge in [-0.05, 0) is 60.7 Å². The smallest absolute Gasteiger partial charge is 0.0590 e. The molecule has 0 bridgehead atoms. The molecule has 2 aromatic rings. The third-order valence-electron chi connectivity index (χ3n) is 3.49. The summed E-state index contributed by atoms with van der Waals surface area (Å²) in [5.74, 6) is 0. The summed E-state index contributed by atoms with van der Waals surface area (Å²) in [5.41, 5.74) is 3.58. The van der Waals surface area contributed by atoms with Crippen molar-refractivity contribution in [1.82, 2.24) is 9.71 Å². The topological polar surface area (TPSA) is 49.0 Å². The zero-order valence-electron chi connectivity index (χ0n) is 12.8. The molecule has 1 aromatic heterocycles. The molecule has 5 heteroatoms. The van der Waals surface area contributed by atoms with E-state index in [0.717, 1.165) is 18.8 Å². The van der Waals surface area contributed by atoms with Crippen LogP contribution in [0.1, 0.15) is 25.3 Å². The van der Waals surface area contributed by atoms with Crippen molar-refractivity contribution < 1.29 is 0 Å². The maximum absolute atomic E-state index is 4.06. The molecule has 1 saturated carbocycles. The van der Waals surface area contributed by atoms with Gasteiger partial charge in [0.15, 0.2) is 0 Å². The number of pyridine rings is 1. The maximum atomic E-state index is 4.06. The van der Waals surface area contributed by atoms with Crippen molar-refractivity contribution in [3.8, 4) is 0 Å². The van der Waals surface area contributed by atoms with Crippen LogP contribution < -0.4 is 15.4 Å². The lowest BCUT2D eigenvalue weighted by molar-refractivity contribution is 1.03. The molecule has 0 aliphatic heterocycles. The molecular weight excluding hydrogens is 292 g/mol. The van der Waals surface area contributed by atoms with E-state index in [1.807, 2.05) is 24.5 Å². The van der Waals surface area contributed by atoms with Crippen LogP contribution in [0, 0.1) is 0 Å². The molecule has 0 spiro atoms. The number of nitrogens with one attached hydrogen (secondary N) is 3. The van der Waals surface area contributed by atoms with Crippen molar-refractivity contribution in [3.05, 3.63) is 48.3 Å².